The molecule has 7 aliphatic heterocycles. The molecule has 17 bridgehead atoms. The van der Waals surface area contributed by atoms with E-state index in [1.807, 2.05) is 4.90 Å². The van der Waals surface area contributed by atoms with E-state index < -0.39 is 205 Å². The zero-order chi connectivity index (χ0) is 84.0. The number of benzene rings is 7. The molecule has 0 spiro atoms. The molecule has 7 heterocycles. The maximum atomic E-state index is 16.6. The van der Waals surface area contributed by atoms with E-state index in [2.05, 4.69) is 61.7 Å². The fourth-order valence-electron chi connectivity index (χ4n) is 14.5. The van der Waals surface area contributed by atoms with Crippen molar-refractivity contribution in [3.8, 4) is 80.1 Å². The summed E-state index contributed by atoms with van der Waals surface area (Å²) < 4.78 is 32.3. The summed E-state index contributed by atoms with van der Waals surface area (Å²) in [5, 5.41) is 128. The normalized spacial score (nSPS) is 23.2. The van der Waals surface area contributed by atoms with E-state index in [4.69, 9.17) is 46.9 Å². The first kappa shape index (κ1) is 84.7. The molecule has 620 valence electrons. The van der Waals surface area contributed by atoms with Gasteiger partial charge in [0, 0.05) is 48.2 Å². The Bertz CT molecular complexity index is 4980. The third kappa shape index (κ3) is 19.4. The van der Waals surface area contributed by atoms with E-state index >= 15 is 24.0 Å². The number of aliphatic hydroxyl groups is 3. The molecule has 8 amide bonds. The molecule has 7 aromatic carbocycles. The number of nitrogens with one attached hydrogen (secondary N) is 9. The van der Waals surface area contributed by atoms with Crippen molar-refractivity contribution in [1.29, 1.82) is 0 Å². The number of rotatable bonds is 19. The van der Waals surface area contributed by atoms with E-state index in [1.54, 1.807) is 14.1 Å². The van der Waals surface area contributed by atoms with Gasteiger partial charge in [-0.3, -0.25) is 38.4 Å². The van der Waals surface area contributed by atoms with Crippen LogP contribution in [0.25, 0.3) is 11.1 Å². The first-order chi connectivity index (χ1) is 55.8. The van der Waals surface area contributed by atoms with Crippen molar-refractivity contribution in [2.75, 3.05) is 34.2 Å². The standard InChI is InChI=1S/C82H90Cl2N10O23/c1-37(2)13-10-8-6-7-9-11-14-59(100)88-68-70(102)71(103)73(81(111)112)117-82(68)116-72-57-31-42-32-58(72)115-55-24-19-41(29-49(55)83)69(101)67-80(110)92-65(75(105)86-25-12-26-94(4)5)47-33-43(95)34-53(98)60(47)46-28-39(17-22-51(46)96)63(77(107)93-67)89-78(108)64(42)90-79(109)66-48-35-45(36-54(99)61(48)84)114-56-30-40(18-23-52(56)97)62(85-3)76(106)87-50(74(104)91-66)27-38-15-20-44(113-57)21-16-38/h15-24,28-37,50,62-71,73,82,85,95-99,101-103H,6-14,25-27H2,1-5H3,(H,86,105)(H,87,106)(H,88,100)(H,89,108)(H,90,109)(H,91,104)(H,92,110)(H,93,107)(H,111,112)/t50-,62-,63-,64-,65-,66+,67+,68-,69-,70-,71+,73+,82-/m1/s1. The molecule has 117 heavy (non-hydrogen) atoms. The van der Waals surface area contributed by atoms with E-state index in [0.29, 0.717) is 37.3 Å². The number of nitrogens with zero attached hydrogens (tertiary/aromatic N) is 1. The van der Waals surface area contributed by atoms with Gasteiger partial charge in [0.25, 0.3) is 0 Å². The zero-order valence-corrected chi connectivity index (χ0v) is 65.5. The number of carboxylic acid groups (broad SMARTS) is 1. The molecule has 7 aromatic rings. The summed E-state index contributed by atoms with van der Waals surface area (Å²) in [6.45, 7) is 4.77. The SMILES string of the molecule is CN[C@H]1C(=O)N[C@@H]2Cc3ccc(cc3)Oc3cc4cc(c3O[C@@H]3O[C@H](C(=O)O)[C@@H](O)[C@H](O)[C@H]3NC(=O)CCCCCCCCC(C)C)Oc3ccc(cc3Cl)[C@@H](O)[C@@H]3NC(=O)[C@H](NC(=O)[C@@H]4NC(=O)[C@@H](NC2=O)c2cc(cc(O)c2Cl)Oc2cc1ccc2O)c1ccc(O)c(c1)-c1c(O)cc(O)cc1[C@H](C(=O)NCCCN(C)C)NC3=O. The largest absolute Gasteiger partial charge is 0.508 e. The molecule has 0 aliphatic carbocycles. The molecule has 1 fully saturated rings. The monoisotopic (exact) mass is 1650 g/mol. The van der Waals surface area contributed by atoms with Crippen LogP contribution in [0.4, 0.5) is 0 Å². The number of phenols is 5. The molecule has 7 aliphatic rings. The highest BCUT2D eigenvalue weighted by Crippen LogP contribution is 2.50. The smallest absolute Gasteiger partial charge is 0.335 e. The van der Waals surface area contributed by atoms with Crippen molar-refractivity contribution in [2.45, 2.75) is 157 Å². The van der Waals surface area contributed by atoms with Gasteiger partial charge in [0.15, 0.2) is 29.1 Å². The molecule has 1 saturated heterocycles. The highest BCUT2D eigenvalue weighted by molar-refractivity contribution is 6.33. The van der Waals surface area contributed by atoms with Gasteiger partial charge >= 0.3 is 5.97 Å². The fraction of sp³-hybridized carbons (Fsp3) is 0.378. The number of amides is 8. The Balaban J connectivity index is 1.08. The Labute approximate surface area is 680 Å². The summed E-state index contributed by atoms with van der Waals surface area (Å²) in [6, 6.07) is 6.90. The van der Waals surface area contributed by atoms with Crippen LogP contribution in [-0.4, -0.2) is 181 Å². The maximum absolute atomic E-state index is 16.6. The molecule has 33 nitrogen and oxygen atoms in total. The molecule has 18 N–H and O–H groups in total. The Hall–Kier alpha value is -11.7. The minimum Gasteiger partial charge on any atom is -0.508 e. The van der Waals surface area contributed by atoms with Crippen LogP contribution >= 0.6 is 23.2 Å². The topological polar surface area (TPSA) is 493 Å². The lowest BCUT2D eigenvalue weighted by molar-refractivity contribution is -0.241. The first-order valence-electron chi connectivity index (χ1n) is 38.0. The first-order valence-corrected chi connectivity index (χ1v) is 38.7. The number of hydrogen-bond donors (Lipinski definition) is 18. The van der Waals surface area contributed by atoms with Crippen LogP contribution in [-0.2, 0) is 54.3 Å². The van der Waals surface area contributed by atoms with Crippen molar-refractivity contribution < 1.29 is 113 Å². The lowest BCUT2D eigenvalue weighted by atomic mass is 9.89. The summed E-state index contributed by atoms with van der Waals surface area (Å²) in [5.74, 6) is -16.5. The second-order valence-electron chi connectivity index (χ2n) is 29.9. The number of carbonyl (C=O) groups is 9. The molecule has 0 unspecified atom stereocenters. The number of aliphatic hydroxyl groups excluding tert-OH is 3. The van der Waals surface area contributed by atoms with Crippen LogP contribution in [0.15, 0.2) is 115 Å². The highest BCUT2D eigenvalue weighted by atomic mass is 35.5. The molecule has 0 saturated carbocycles. The second-order valence-corrected chi connectivity index (χ2v) is 30.7. The number of unbranched alkanes of at least 4 members (excludes halogenated alkanes) is 5. The van der Waals surface area contributed by atoms with E-state index in [-0.39, 0.29) is 70.2 Å². The van der Waals surface area contributed by atoms with E-state index in [9.17, 15) is 65.1 Å². The van der Waals surface area contributed by atoms with Crippen molar-refractivity contribution in [3.63, 3.8) is 0 Å². The fourth-order valence-corrected chi connectivity index (χ4v) is 15.0. The van der Waals surface area contributed by atoms with Crippen molar-refractivity contribution in [1.82, 2.24) is 52.8 Å². The lowest BCUT2D eigenvalue weighted by Gasteiger charge is -2.41. The number of ether oxygens (including phenoxy) is 5. The average Bonchev–Trinajstić information content (AvgIpc) is 0.765. The molecule has 0 aromatic heterocycles. The zero-order valence-electron chi connectivity index (χ0n) is 64.0. The van der Waals surface area contributed by atoms with E-state index in [1.165, 1.54) is 61.6 Å². The number of fused-ring (bicyclic) bond motifs is 14. The Kier molecular flexibility index (Phi) is 26.5. The number of carbonyl (C=O) groups excluding carboxylic acids is 8. The maximum Gasteiger partial charge on any atom is 0.335 e. The van der Waals surface area contributed by atoms with Gasteiger partial charge in [0.2, 0.25) is 59.3 Å². The predicted molar refractivity (Wildman–Crippen MR) is 419 cm³/mol. The van der Waals surface area contributed by atoms with Crippen molar-refractivity contribution in [2.24, 2.45) is 5.92 Å². The molecular weight excluding hydrogens is 1560 g/mol. The van der Waals surface area contributed by atoms with Crippen LogP contribution in [0.2, 0.25) is 10.0 Å². The van der Waals surface area contributed by atoms with Crippen molar-refractivity contribution >= 4 is 76.4 Å². The quantitative estimate of drug-likeness (QED) is 0.0375. The van der Waals surface area contributed by atoms with Crippen LogP contribution in [0.5, 0.6) is 69.0 Å². The number of hydrogen-bond acceptors (Lipinski definition) is 24. The number of phenolic OH excluding ortho intramolecular Hbond substituents is 5. The summed E-state index contributed by atoms with van der Waals surface area (Å²) in [7, 11) is 5.04. The van der Waals surface area contributed by atoms with Gasteiger partial charge in [-0.05, 0) is 153 Å². The van der Waals surface area contributed by atoms with Gasteiger partial charge in [0.05, 0.1) is 10.0 Å². The molecule has 0 radical (unpaired) electrons. The summed E-state index contributed by atoms with van der Waals surface area (Å²) in [6.07, 6.45) is -5.33. The highest BCUT2D eigenvalue weighted by Gasteiger charge is 2.51. The summed E-state index contributed by atoms with van der Waals surface area (Å²) in [4.78, 5) is 138. The Morgan fingerprint density at radius 1 is 0.581 bits per heavy atom. The third-order valence-electron chi connectivity index (χ3n) is 20.7. The summed E-state index contributed by atoms with van der Waals surface area (Å²) in [5.41, 5.74) is -2.06. The number of likely N-dealkylation sites (N-methyl/N-ethyl adjacent to an activating group) is 1. The van der Waals surface area contributed by atoms with Gasteiger partial charge in [-0.2, -0.15) is 0 Å². The van der Waals surface area contributed by atoms with Gasteiger partial charge in [0.1, 0.15) is 107 Å². The molecule has 14 rings (SSSR count). The average molecular weight is 1650 g/mol. The number of carboxylic acids is 1. The predicted octanol–water partition coefficient (Wildman–Crippen LogP) is 6.69. The van der Waals surface area contributed by atoms with Gasteiger partial charge in [-0.1, -0.05) is 106 Å². The lowest BCUT2D eigenvalue weighted by Crippen LogP contribution is -2.66. The van der Waals surface area contributed by atoms with Gasteiger partial charge < -0.3 is 122 Å². The van der Waals surface area contributed by atoms with Gasteiger partial charge in [-0.25, -0.2) is 4.79 Å². The van der Waals surface area contributed by atoms with Gasteiger partial charge in [-0.15, -0.1) is 0 Å². The Morgan fingerprint density at radius 3 is 1.92 bits per heavy atom. The van der Waals surface area contributed by atoms with Crippen LogP contribution < -0.4 is 66.8 Å². The van der Waals surface area contributed by atoms with E-state index in [0.717, 1.165) is 92.8 Å². The second kappa shape index (κ2) is 36.6. The van der Waals surface area contributed by atoms with Crippen LogP contribution in [0.3, 0.4) is 0 Å². The summed E-state index contributed by atoms with van der Waals surface area (Å²) >= 11 is 14.2. The number of halogens is 2. The minimum absolute atomic E-state index is 0.000704. The molecule has 35 heteroatoms. The molecular formula is C82H90Cl2N10O23. The third-order valence-corrected chi connectivity index (χ3v) is 21.4. The number of aliphatic carboxylic acids is 1. The molecule has 13 atom stereocenters. The van der Waals surface area contributed by atoms with Crippen molar-refractivity contribution in [3.05, 3.63) is 164 Å². The number of aromatic hydroxyl groups is 5. The van der Waals surface area contributed by atoms with Crippen LogP contribution in [0.1, 0.15) is 147 Å². The Morgan fingerprint density at radius 2 is 1.22 bits per heavy atom. The van der Waals surface area contributed by atoms with Crippen LogP contribution in [0, 0.1) is 5.92 Å². The minimum atomic E-state index is -2.37.